The molecule has 0 aliphatic heterocycles. The smallest absolute Gasteiger partial charge is 0.234 e. The Kier molecular flexibility index (Phi) is 6.39. The number of amides is 1. The molecule has 0 fully saturated rings. The lowest BCUT2D eigenvalue weighted by atomic mass is 10.1. The molecule has 1 aromatic heterocycles. The van der Waals surface area contributed by atoms with Gasteiger partial charge in [0.2, 0.25) is 5.91 Å². The van der Waals surface area contributed by atoms with Crippen LogP contribution in [0.4, 0.5) is 5.69 Å². The fourth-order valence-electron chi connectivity index (χ4n) is 2.85. The molecule has 0 unspecified atom stereocenters. The van der Waals surface area contributed by atoms with Crippen LogP contribution in [-0.4, -0.2) is 34.8 Å². The van der Waals surface area contributed by atoms with Crippen LogP contribution >= 0.6 is 11.8 Å². The van der Waals surface area contributed by atoms with Crippen LogP contribution in [0.2, 0.25) is 0 Å². The number of benzene rings is 2. The Balaban J connectivity index is 1.63. The lowest BCUT2D eigenvalue weighted by Gasteiger charge is -2.08. The van der Waals surface area contributed by atoms with E-state index >= 15 is 0 Å². The Hall–Kier alpha value is -2.65. The SMILES string of the molecule is Cc1cc(C)cc(NC(=O)CSc2nnc(CS(=O)(=O)c3ccccc3)n2C)c1. The van der Waals surface area contributed by atoms with Crippen LogP contribution in [0.3, 0.4) is 0 Å². The summed E-state index contributed by atoms with van der Waals surface area (Å²) in [7, 11) is -1.82. The third kappa shape index (κ3) is 5.45. The van der Waals surface area contributed by atoms with Crippen molar-refractivity contribution < 1.29 is 13.2 Å². The first-order chi connectivity index (χ1) is 13.7. The molecule has 0 spiro atoms. The number of aryl methyl sites for hydroxylation is 2. The van der Waals surface area contributed by atoms with Gasteiger partial charge in [-0.15, -0.1) is 10.2 Å². The van der Waals surface area contributed by atoms with Crippen molar-refractivity contribution in [1.29, 1.82) is 0 Å². The van der Waals surface area contributed by atoms with Crippen molar-refractivity contribution in [3.05, 3.63) is 65.5 Å². The van der Waals surface area contributed by atoms with Gasteiger partial charge in [0, 0.05) is 12.7 Å². The number of carbonyl (C=O) groups excluding carboxylic acids is 1. The van der Waals surface area contributed by atoms with E-state index in [2.05, 4.69) is 15.5 Å². The van der Waals surface area contributed by atoms with Gasteiger partial charge in [0.15, 0.2) is 15.0 Å². The van der Waals surface area contributed by atoms with Gasteiger partial charge in [-0.2, -0.15) is 0 Å². The summed E-state index contributed by atoms with van der Waals surface area (Å²) in [5.41, 5.74) is 2.90. The van der Waals surface area contributed by atoms with Crippen LogP contribution < -0.4 is 5.32 Å². The van der Waals surface area contributed by atoms with E-state index in [1.54, 1.807) is 41.9 Å². The van der Waals surface area contributed by atoms with Gasteiger partial charge in [-0.3, -0.25) is 4.79 Å². The van der Waals surface area contributed by atoms with Crippen molar-refractivity contribution in [2.75, 3.05) is 11.1 Å². The summed E-state index contributed by atoms with van der Waals surface area (Å²) >= 11 is 1.21. The molecule has 7 nitrogen and oxygen atoms in total. The van der Waals surface area contributed by atoms with E-state index in [9.17, 15) is 13.2 Å². The molecule has 152 valence electrons. The number of rotatable bonds is 7. The lowest BCUT2D eigenvalue weighted by molar-refractivity contribution is -0.113. The first-order valence-corrected chi connectivity index (χ1v) is 11.6. The van der Waals surface area contributed by atoms with E-state index in [1.165, 1.54) is 11.8 Å². The van der Waals surface area contributed by atoms with E-state index in [0.29, 0.717) is 11.0 Å². The van der Waals surface area contributed by atoms with Crippen LogP contribution in [0.25, 0.3) is 0 Å². The van der Waals surface area contributed by atoms with E-state index in [1.807, 2.05) is 32.0 Å². The second-order valence-corrected chi connectivity index (χ2v) is 9.68. The van der Waals surface area contributed by atoms with Crippen molar-refractivity contribution in [3.8, 4) is 0 Å². The van der Waals surface area contributed by atoms with Crippen LogP contribution in [0.5, 0.6) is 0 Å². The van der Waals surface area contributed by atoms with Crippen molar-refractivity contribution in [2.45, 2.75) is 29.7 Å². The number of hydrogen-bond acceptors (Lipinski definition) is 6. The van der Waals surface area contributed by atoms with Gasteiger partial charge in [-0.1, -0.05) is 36.0 Å². The average Bonchev–Trinajstić information content (AvgIpc) is 2.99. The Morgan fingerprint density at radius 3 is 2.38 bits per heavy atom. The number of nitrogens with zero attached hydrogens (tertiary/aromatic N) is 3. The minimum absolute atomic E-state index is 0.143. The molecular formula is C20H22N4O3S2. The number of thioether (sulfide) groups is 1. The number of aromatic nitrogens is 3. The van der Waals surface area contributed by atoms with Gasteiger partial charge < -0.3 is 9.88 Å². The highest BCUT2D eigenvalue weighted by Crippen LogP contribution is 2.20. The van der Waals surface area contributed by atoms with Crippen LogP contribution in [-0.2, 0) is 27.4 Å². The zero-order chi connectivity index (χ0) is 21.0. The number of nitrogens with one attached hydrogen (secondary N) is 1. The summed E-state index contributed by atoms with van der Waals surface area (Å²) in [6, 6.07) is 14.1. The molecule has 0 saturated carbocycles. The number of sulfone groups is 1. The van der Waals surface area contributed by atoms with Crippen molar-refractivity contribution in [2.24, 2.45) is 7.05 Å². The summed E-state index contributed by atoms with van der Waals surface area (Å²) in [4.78, 5) is 12.5. The van der Waals surface area contributed by atoms with Crippen molar-refractivity contribution in [3.63, 3.8) is 0 Å². The maximum absolute atomic E-state index is 12.5. The number of anilines is 1. The third-order valence-corrected chi connectivity index (χ3v) is 6.83. The van der Waals surface area contributed by atoms with Crippen LogP contribution in [0, 0.1) is 13.8 Å². The predicted octanol–water partition coefficient (Wildman–Crippen LogP) is 3.14. The fraction of sp³-hybridized carbons (Fsp3) is 0.250. The molecule has 0 bridgehead atoms. The van der Waals surface area contributed by atoms with Gasteiger partial charge in [0.25, 0.3) is 0 Å². The summed E-state index contributed by atoms with van der Waals surface area (Å²) in [6.07, 6.45) is 0. The maximum atomic E-state index is 12.5. The first-order valence-electron chi connectivity index (χ1n) is 8.91. The van der Waals surface area contributed by atoms with Crippen LogP contribution in [0.1, 0.15) is 17.0 Å². The summed E-state index contributed by atoms with van der Waals surface area (Å²) < 4.78 is 26.7. The molecule has 1 amide bonds. The Bertz CT molecular complexity index is 1110. The van der Waals surface area contributed by atoms with E-state index in [-0.39, 0.29) is 22.3 Å². The normalized spacial score (nSPS) is 11.4. The molecule has 3 aromatic rings. The van der Waals surface area contributed by atoms with Gasteiger partial charge in [-0.25, -0.2) is 8.42 Å². The van der Waals surface area contributed by atoms with E-state index in [0.717, 1.165) is 16.8 Å². The molecule has 2 aromatic carbocycles. The zero-order valence-corrected chi connectivity index (χ0v) is 18.0. The summed E-state index contributed by atoms with van der Waals surface area (Å²) in [6.45, 7) is 3.95. The highest BCUT2D eigenvalue weighted by molar-refractivity contribution is 7.99. The molecule has 1 heterocycles. The Labute approximate surface area is 174 Å². The van der Waals surface area contributed by atoms with Crippen LogP contribution in [0.15, 0.2) is 58.6 Å². The van der Waals surface area contributed by atoms with Crippen molar-refractivity contribution >= 4 is 33.2 Å². The van der Waals surface area contributed by atoms with Gasteiger partial charge >= 0.3 is 0 Å². The molecule has 0 radical (unpaired) electrons. The minimum atomic E-state index is -3.51. The highest BCUT2D eigenvalue weighted by Gasteiger charge is 2.20. The third-order valence-electron chi connectivity index (χ3n) is 4.18. The van der Waals surface area contributed by atoms with Gasteiger partial charge in [-0.05, 0) is 49.2 Å². The summed E-state index contributed by atoms with van der Waals surface area (Å²) in [5.74, 6) is 0.0489. The largest absolute Gasteiger partial charge is 0.325 e. The second kappa shape index (κ2) is 8.79. The standard InChI is InChI=1S/C20H22N4O3S2/c1-14-9-15(2)11-16(10-14)21-19(25)12-28-20-23-22-18(24(20)3)13-29(26,27)17-7-5-4-6-8-17/h4-11H,12-13H2,1-3H3,(H,21,25). The van der Waals surface area contributed by atoms with E-state index in [4.69, 9.17) is 0 Å². The molecule has 0 saturated heterocycles. The Morgan fingerprint density at radius 2 is 1.72 bits per heavy atom. The quantitative estimate of drug-likeness (QED) is 0.579. The topological polar surface area (TPSA) is 94.0 Å². The lowest BCUT2D eigenvalue weighted by Crippen LogP contribution is -2.15. The fourth-order valence-corrected chi connectivity index (χ4v) is 4.91. The second-order valence-electron chi connectivity index (χ2n) is 6.74. The number of hydrogen-bond donors (Lipinski definition) is 1. The molecule has 9 heteroatoms. The molecular weight excluding hydrogens is 408 g/mol. The molecule has 1 N–H and O–H groups in total. The monoisotopic (exact) mass is 430 g/mol. The van der Waals surface area contributed by atoms with Gasteiger partial charge in [0.05, 0.1) is 10.6 Å². The summed E-state index contributed by atoms with van der Waals surface area (Å²) in [5, 5.41) is 11.4. The van der Waals surface area contributed by atoms with Gasteiger partial charge in [0.1, 0.15) is 11.6 Å². The van der Waals surface area contributed by atoms with E-state index < -0.39 is 9.84 Å². The predicted molar refractivity (Wildman–Crippen MR) is 114 cm³/mol. The molecule has 0 aliphatic carbocycles. The molecule has 0 atom stereocenters. The Morgan fingerprint density at radius 1 is 1.07 bits per heavy atom. The average molecular weight is 431 g/mol. The number of carbonyl (C=O) groups is 1. The maximum Gasteiger partial charge on any atom is 0.234 e. The zero-order valence-electron chi connectivity index (χ0n) is 16.4. The molecule has 29 heavy (non-hydrogen) atoms. The molecule has 3 rings (SSSR count). The minimum Gasteiger partial charge on any atom is -0.325 e. The van der Waals surface area contributed by atoms with Crippen molar-refractivity contribution in [1.82, 2.24) is 14.8 Å². The molecule has 0 aliphatic rings. The first kappa shape index (κ1) is 21.1. The highest BCUT2D eigenvalue weighted by atomic mass is 32.2.